The third-order valence-corrected chi connectivity index (χ3v) is 4.17. The Labute approximate surface area is 144 Å². The first kappa shape index (κ1) is 18.7. The molecule has 138 valence electrons. The van der Waals surface area contributed by atoms with Crippen LogP contribution in [-0.4, -0.2) is 53.4 Å². The Morgan fingerprint density at radius 2 is 1.88 bits per heavy atom. The molecule has 10 nitrogen and oxygen atoms in total. The predicted molar refractivity (Wildman–Crippen MR) is 83.6 cm³/mol. The molecule has 1 saturated carbocycles. The highest BCUT2D eigenvalue weighted by Gasteiger charge is 2.52. The maximum Gasteiger partial charge on any atom is 0.344 e. The Kier molecular flexibility index (Phi) is 5.94. The summed E-state index contributed by atoms with van der Waals surface area (Å²) in [6.45, 7) is 0.796. The van der Waals surface area contributed by atoms with Crippen LogP contribution in [0.5, 0.6) is 0 Å². The van der Waals surface area contributed by atoms with Gasteiger partial charge in [0.2, 0.25) is 5.91 Å². The molecule has 0 unspecified atom stereocenters. The van der Waals surface area contributed by atoms with Gasteiger partial charge in [-0.3, -0.25) is 24.6 Å². The van der Waals surface area contributed by atoms with Gasteiger partial charge in [-0.15, -0.1) is 0 Å². The summed E-state index contributed by atoms with van der Waals surface area (Å²) in [4.78, 5) is 58.3. The molecule has 3 N–H and O–H groups in total. The summed E-state index contributed by atoms with van der Waals surface area (Å²) in [5.41, 5.74) is 1.23. The van der Waals surface area contributed by atoms with E-state index in [1.165, 1.54) is 6.92 Å². The standard InChI is InChI=1S/C15H22N4O6/c1-10(20)16-8-5-12(22)25-9-11(21)18-19-13(23)15(17-14(19)24)6-3-2-4-7-15/h2-9H2,1H3,(H,16,20)(H,17,24)(H,18,21). The zero-order valence-electron chi connectivity index (χ0n) is 14.1. The third kappa shape index (κ3) is 4.68. The van der Waals surface area contributed by atoms with Gasteiger partial charge in [0.05, 0.1) is 6.42 Å². The number of ether oxygens (including phenoxy) is 1. The number of hydrogen-bond donors (Lipinski definition) is 3. The van der Waals surface area contributed by atoms with Gasteiger partial charge in [-0.2, -0.15) is 5.01 Å². The summed E-state index contributed by atoms with van der Waals surface area (Å²) in [6, 6.07) is -0.683. The van der Waals surface area contributed by atoms with Crippen molar-refractivity contribution in [1.82, 2.24) is 21.1 Å². The van der Waals surface area contributed by atoms with Gasteiger partial charge in [-0.05, 0) is 12.8 Å². The first-order valence-electron chi connectivity index (χ1n) is 8.20. The van der Waals surface area contributed by atoms with Crippen molar-refractivity contribution in [1.29, 1.82) is 0 Å². The highest BCUT2D eigenvalue weighted by molar-refractivity contribution is 6.08. The zero-order valence-corrected chi connectivity index (χ0v) is 14.1. The van der Waals surface area contributed by atoms with Crippen molar-refractivity contribution in [3.05, 3.63) is 0 Å². The van der Waals surface area contributed by atoms with E-state index < -0.39 is 36.0 Å². The average Bonchev–Trinajstić information content (AvgIpc) is 2.77. The van der Waals surface area contributed by atoms with E-state index in [1.807, 2.05) is 0 Å². The molecule has 1 spiro atoms. The number of imide groups is 1. The van der Waals surface area contributed by atoms with Crippen molar-refractivity contribution in [2.75, 3.05) is 13.2 Å². The van der Waals surface area contributed by atoms with Gasteiger partial charge in [-0.25, -0.2) is 4.79 Å². The largest absolute Gasteiger partial charge is 0.455 e. The SMILES string of the molecule is CC(=O)NCCC(=O)OCC(=O)NN1C(=O)NC2(CCCCC2)C1=O. The number of hydrogen-bond acceptors (Lipinski definition) is 6. The van der Waals surface area contributed by atoms with E-state index in [9.17, 15) is 24.0 Å². The molecule has 1 saturated heterocycles. The van der Waals surface area contributed by atoms with Crippen molar-refractivity contribution in [2.24, 2.45) is 0 Å². The lowest BCUT2D eigenvalue weighted by Crippen LogP contribution is -2.51. The van der Waals surface area contributed by atoms with Crippen molar-refractivity contribution in [3.63, 3.8) is 0 Å². The summed E-state index contributed by atoms with van der Waals surface area (Å²) < 4.78 is 4.73. The second-order valence-electron chi connectivity index (χ2n) is 6.14. The van der Waals surface area contributed by atoms with Crippen LogP contribution in [0.3, 0.4) is 0 Å². The smallest absolute Gasteiger partial charge is 0.344 e. The molecule has 0 aromatic carbocycles. The molecule has 10 heteroatoms. The maximum absolute atomic E-state index is 12.5. The highest BCUT2D eigenvalue weighted by atomic mass is 16.5. The van der Waals surface area contributed by atoms with Crippen LogP contribution in [-0.2, 0) is 23.9 Å². The minimum Gasteiger partial charge on any atom is -0.455 e. The van der Waals surface area contributed by atoms with Crippen LogP contribution < -0.4 is 16.1 Å². The molecular weight excluding hydrogens is 332 g/mol. The van der Waals surface area contributed by atoms with Gasteiger partial charge < -0.3 is 15.4 Å². The Bertz CT molecular complexity index is 585. The van der Waals surface area contributed by atoms with Crippen LogP contribution in [0, 0.1) is 0 Å². The number of amides is 5. The van der Waals surface area contributed by atoms with Crippen LogP contribution >= 0.6 is 0 Å². The Balaban J connectivity index is 1.78. The van der Waals surface area contributed by atoms with E-state index in [4.69, 9.17) is 4.74 Å². The number of rotatable bonds is 6. The van der Waals surface area contributed by atoms with E-state index in [1.54, 1.807) is 0 Å². The summed E-state index contributed by atoms with van der Waals surface area (Å²) >= 11 is 0. The van der Waals surface area contributed by atoms with E-state index in [0.717, 1.165) is 19.3 Å². The van der Waals surface area contributed by atoms with Gasteiger partial charge in [0.1, 0.15) is 5.54 Å². The van der Waals surface area contributed by atoms with E-state index >= 15 is 0 Å². The molecule has 0 aromatic heterocycles. The third-order valence-electron chi connectivity index (χ3n) is 4.17. The number of hydrazine groups is 1. The van der Waals surface area contributed by atoms with E-state index in [2.05, 4.69) is 16.1 Å². The molecule has 2 rings (SSSR count). The lowest BCUT2D eigenvalue weighted by atomic mass is 9.82. The summed E-state index contributed by atoms with van der Waals surface area (Å²) in [5, 5.41) is 5.73. The fourth-order valence-corrected chi connectivity index (χ4v) is 2.93. The summed E-state index contributed by atoms with van der Waals surface area (Å²) in [7, 11) is 0. The first-order valence-corrected chi connectivity index (χ1v) is 8.20. The number of carbonyl (C=O) groups is 5. The molecule has 5 amide bonds. The van der Waals surface area contributed by atoms with E-state index in [-0.39, 0.29) is 18.9 Å². The van der Waals surface area contributed by atoms with Gasteiger partial charge >= 0.3 is 12.0 Å². The first-order chi connectivity index (χ1) is 11.8. The Morgan fingerprint density at radius 3 is 2.52 bits per heavy atom. The molecule has 0 atom stereocenters. The second kappa shape index (κ2) is 7.95. The predicted octanol–water partition coefficient (Wildman–Crippen LogP) is -0.658. The fraction of sp³-hybridized carbons (Fsp3) is 0.667. The van der Waals surface area contributed by atoms with E-state index in [0.29, 0.717) is 17.9 Å². The van der Waals surface area contributed by atoms with Gasteiger partial charge in [0.25, 0.3) is 11.8 Å². The average molecular weight is 354 g/mol. The molecule has 2 fully saturated rings. The van der Waals surface area contributed by atoms with Crippen molar-refractivity contribution in [3.8, 4) is 0 Å². The molecule has 0 radical (unpaired) electrons. The van der Waals surface area contributed by atoms with Crippen molar-refractivity contribution < 1.29 is 28.7 Å². The fourth-order valence-electron chi connectivity index (χ4n) is 2.93. The molecule has 0 aromatic rings. The number of carbonyl (C=O) groups excluding carboxylic acids is 5. The lowest BCUT2D eigenvalue weighted by molar-refractivity contribution is -0.150. The van der Waals surface area contributed by atoms with Crippen LogP contribution in [0.1, 0.15) is 45.4 Å². The quantitative estimate of drug-likeness (QED) is 0.428. The second-order valence-corrected chi connectivity index (χ2v) is 6.14. The molecule has 25 heavy (non-hydrogen) atoms. The minimum atomic E-state index is -0.933. The number of urea groups is 1. The monoisotopic (exact) mass is 354 g/mol. The molecule has 0 bridgehead atoms. The summed E-state index contributed by atoms with van der Waals surface area (Å²) in [6.07, 6.45) is 3.67. The normalized spacial score (nSPS) is 18.7. The van der Waals surface area contributed by atoms with Gasteiger partial charge in [-0.1, -0.05) is 19.3 Å². The van der Waals surface area contributed by atoms with Crippen LogP contribution in [0.2, 0.25) is 0 Å². The van der Waals surface area contributed by atoms with Crippen LogP contribution in [0.15, 0.2) is 0 Å². The Morgan fingerprint density at radius 1 is 1.20 bits per heavy atom. The Hall–Kier alpha value is -2.65. The van der Waals surface area contributed by atoms with Crippen molar-refractivity contribution in [2.45, 2.75) is 51.0 Å². The van der Waals surface area contributed by atoms with Crippen LogP contribution in [0.25, 0.3) is 0 Å². The zero-order chi connectivity index (χ0) is 18.4. The van der Waals surface area contributed by atoms with Gasteiger partial charge in [0, 0.05) is 13.5 Å². The molecule has 2 aliphatic rings. The molecular formula is C15H22N4O6. The molecule has 1 heterocycles. The molecule has 1 aliphatic carbocycles. The topological polar surface area (TPSA) is 134 Å². The highest BCUT2D eigenvalue weighted by Crippen LogP contribution is 2.32. The number of nitrogens with one attached hydrogen (secondary N) is 3. The van der Waals surface area contributed by atoms with Gasteiger partial charge in [0.15, 0.2) is 6.61 Å². The summed E-state index contributed by atoms with van der Waals surface area (Å²) in [5.74, 6) is -2.22. The minimum absolute atomic E-state index is 0.0842. The number of nitrogens with zero attached hydrogens (tertiary/aromatic N) is 1. The lowest BCUT2D eigenvalue weighted by Gasteiger charge is -2.30. The number of esters is 1. The van der Waals surface area contributed by atoms with Crippen molar-refractivity contribution >= 4 is 29.7 Å². The molecule has 1 aliphatic heterocycles. The van der Waals surface area contributed by atoms with Crippen LogP contribution in [0.4, 0.5) is 4.79 Å². The maximum atomic E-state index is 12.5.